The molecule has 2 unspecified atom stereocenters. The minimum Gasteiger partial charge on any atom is -0.359 e. The van der Waals surface area contributed by atoms with Crippen LogP contribution in [0.4, 0.5) is 0 Å². The summed E-state index contributed by atoms with van der Waals surface area (Å²) in [6.45, 7) is 4.99. The van der Waals surface area contributed by atoms with Gasteiger partial charge in [0, 0.05) is 6.54 Å². The first-order valence-electron chi connectivity index (χ1n) is 3.37. The Hall–Kier alpha value is -0.120. The van der Waals surface area contributed by atoms with Crippen LogP contribution >= 0.6 is 0 Å². The molecule has 0 aliphatic carbocycles. The van der Waals surface area contributed by atoms with Crippen LogP contribution < -0.4 is 5.84 Å². The normalized spacial score (nSPS) is 39.0. The van der Waals surface area contributed by atoms with Gasteiger partial charge in [0.05, 0.1) is 6.10 Å². The molecule has 1 aliphatic rings. The number of hydrogen-bond donors (Lipinski definition) is 1. The highest BCUT2D eigenvalue weighted by Crippen LogP contribution is 2.10. The Balaban J connectivity index is 2.35. The van der Waals surface area contributed by atoms with Crippen LogP contribution in [0.15, 0.2) is 0 Å². The molecule has 0 amide bonds. The van der Waals surface area contributed by atoms with Gasteiger partial charge in [0.2, 0.25) is 0 Å². The van der Waals surface area contributed by atoms with Crippen molar-refractivity contribution in [3.8, 4) is 0 Å². The zero-order valence-corrected chi connectivity index (χ0v) is 6.00. The average Bonchev–Trinajstić information content (AvgIpc) is 1.80. The molecule has 0 bridgehead atoms. The van der Waals surface area contributed by atoms with E-state index in [4.69, 9.17) is 10.6 Å². The molecule has 0 aromatic heterocycles. The fraction of sp³-hybridized carbons (Fsp3) is 1.00. The third-order valence-electron chi connectivity index (χ3n) is 1.69. The first-order valence-corrected chi connectivity index (χ1v) is 3.37. The molecule has 1 fully saturated rings. The predicted molar refractivity (Wildman–Crippen MR) is 35.5 cm³/mol. The van der Waals surface area contributed by atoms with E-state index in [1.54, 1.807) is 5.01 Å². The SMILES string of the molecule is CC1CCN(N)C(C)O1. The molecule has 9 heavy (non-hydrogen) atoms. The van der Waals surface area contributed by atoms with Crippen molar-refractivity contribution in [1.29, 1.82) is 0 Å². The van der Waals surface area contributed by atoms with Gasteiger partial charge in [-0.25, -0.2) is 5.01 Å². The van der Waals surface area contributed by atoms with Gasteiger partial charge in [-0.2, -0.15) is 0 Å². The summed E-state index contributed by atoms with van der Waals surface area (Å²) < 4.78 is 5.40. The molecule has 1 aliphatic heterocycles. The van der Waals surface area contributed by atoms with Crippen molar-refractivity contribution >= 4 is 0 Å². The van der Waals surface area contributed by atoms with E-state index in [9.17, 15) is 0 Å². The summed E-state index contributed by atoms with van der Waals surface area (Å²) in [5, 5.41) is 1.72. The van der Waals surface area contributed by atoms with E-state index < -0.39 is 0 Å². The van der Waals surface area contributed by atoms with Crippen molar-refractivity contribution in [2.75, 3.05) is 6.54 Å². The van der Waals surface area contributed by atoms with Crippen molar-refractivity contribution in [1.82, 2.24) is 5.01 Å². The fourth-order valence-corrected chi connectivity index (χ4v) is 0.995. The summed E-state index contributed by atoms with van der Waals surface area (Å²) in [5.74, 6) is 5.55. The molecule has 0 saturated carbocycles. The Kier molecular flexibility index (Phi) is 2.05. The van der Waals surface area contributed by atoms with E-state index in [-0.39, 0.29) is 6.23 Å². The van der Waals surface area contributed by atoms with Gasteiger partial charge in [-0.3, -0.25) is 5.84 Å². The van der Waals surface area contributed by atoms with Gasteiger partial charge in [0.25, 0.3) is 0 Å². The average molecular weight is 130 g/mol. The van der Waals surface area contributed by atoms with Crippen molar-refractivity contribution in [3.63, 3.8) is 0 Å². The molecule has 1 heterocycles. The van der Waals surface area contributed by atoms with Gasteiger partial charge in [-0.15, -0.1) is 0 Å². The van der Waals surface area contributed by atoms with E-state index >= 15 is 0 Å². The van der Waals surface area contributed by atoms with Gasteiger partial charge < -0.3 is 4.74 Å². The summed E-state index contributed by atoms with van der Waals surface area (Å²) in [4.78, 5) is 0. The van der Waals surface area contributed by atoms with Gasteiger partial charge in [-0.05, 0) is 20.3 Å². The van der Waals surface area contributed by atoms with Gasteiger partial charge in [-0.1, -0.05) is 0 Å². The fourth-order valence-electron chi connectivity index (χ4n) is 0.995. The molecule has 1 saturated heterocycles. The molecule has 0 radical (unpaired) electrons. The topological polar surface area (TPSA) is 38.5 Å². The molecular formula is C6H14N2O. The summed E-state index contributed by atoms with van der Waals surface area (Å²) in [7, 11) is 0. The molecule has 3 heteroatoms. The maximum atomic E-state index is 5.55. The Morgan fingerprint density at radius 3 is 2.67 bits per heavy atom. The predicted octanol–water partition coefficient (Wildman–Crippen LogP) is 0.317. The number of rotatable bonds is 0. The number of hydrazine groups is 1. The number of ether oxygens (including phenoxy) is 1. The standard InChI is InChI=1S/C6H14N2O/c1-5-3-4-8(7)6(2)9-5/h5-6H,3-4,7H2,1-2H3. The van der Waals surface area contributed by atoms with Crippen molar-refractivity contribution < 1.29 is 4.74 Å². The van der Waals surface area contributed by atoms with E-state index in [1.165, 1.54) is 0 Å². The molecule has 1 rings (SSSR count). The monoisotopic (exact) mass is 130 g/mol. The van der Waals surface area contributed by atoms with Crippen LogP contribution in [0.5, 0.6) is 0 Å². The highest BCUT2D eigenvalue weighted by atomic mass is 16.5. The lowest BCUT2D eigenvalue weighted by Gasteiger charge is -2.32. The molecule has 2 atom stereocenters. The van der Waals surface area contributed by atoms with Crippen LogP contribution in [0.2, 0.25) is 0 Å². The van der Waals surface area contributed by atoms with Crippen molar-refractivity contribution in [2.45, 2.75) is 32.6 Å². The van der Waals surface area contributed by atoms with E-state index in [2.05, 4.69) is 6.92 Å². The second-order valence-corrected chi connectivity index (χ2v) is 2.57. The maximum Gasteiger partial charge on any atom is 0.120 e. The molecule has 2 N–H and O–H groups in total. The lowest BCUT2D eigenvalue weighted by molar-refractivity contribution is -0.123. The van der Waals surface area contributed by atoms with Gasteiger partial charge >= 0.3 is 0 Å². The molecule has 0 spiro atoms. The second-order valence-electron chi connectivity index (χ2n) is 2.57. The summed E-state index contributed by atoms with van der Waals surface area (Å²) in [5.41, 5.74) is 0. The zero-order chi connectivity index (χ0) is 6.85. The third-order valence-corrected chi connectivity index (χ3v) is 1.69. The summed E-state index contributed by atoms with van der Waals surface area (Å²) in [6, 6.07) is 0. The summed E-state index contributed by atoms with van der Waals surface area (Å²) in [6.07, 6.45) is 1.51. The van der Waals surface area contributed by atoms with Crippen molar-refractivity contribution in [3.05, 3.63) is 0 Å². The number of nitrogens with zero attached hydrogens (tertiary/aromatic N) is 1. The lowest BCUT2D eigenvalue weighted by atomic mass is 10.2. The second kappa shape index (κ2) is 2.64. The first-order chi connectivity index (χ1) is 4.20. The Morgan fingerprint density at radius 1 is 1.56 bits per heavy atom. The molecule has 0 aromatic rings. The first kappa shape index (κ1) is 6.99. The number of nitrogens with two attached hydrogens (primary N) is 1. The zero-order valence-electron chi connectivity index (χ0n) is 6.00. The molecule has 54 valence electrons. The Labute approximate surface area is 55.7 Å². The van der Waals surface area contributed by atoms with Crippen LogP contribution in [0, 0.1) is 0 Å². The van der Waals surface area contributed by atoms with Crippen LogP contribution in [-0.4, -0.2) is 23.9 Å². The van der Waals surface area contributed by atoms with E-state index in [0.717, 1.165) is 13.0 Å². The Bertz CT molecular complexity index is 97.1. The minimum absolute atomic E-state index is 0.0914. The van der Waals surface area contributed by atoms with Crippen LogP contribution in [-0.2, 0) is 4.74 Å². The lowest BCUT2D eigenvalue weighted by Crippen LogP contribution is -2.47. The van der Waals surface area contributed by atoms with Gasteiger partial charge in [0.15, 0.2) is 0 Å². The maximum absolute atomic E-state index is 5.55. The van der Waals surface area contributed by atoms with Gasteiger partial charge in [0.1, 0.15) is 6.23 Å². The Morgan fingerprint density at radius 2 is 2.22 bits per heavy atom. The third kappa shape index (κ3) is 1.64. The van der Waals surface area contributed by atoms with E-state index in [1.807, 2.05) is 6.92 Å². The molecule has 0 aromatic carbocycles. The highest BCUT2D eigenvalue weighted by molar-refractivity contribution is 4.63. The van der Waals surface area contributed by atoms with Crippen LogP contribution in [0.3, 0.4) is 0 Å². The molecule has 3 nitrogen and oxygen atoms in total. The smallest absolute Gasteiger partial charge is 0.120 e. The van der Waals surface area contributed by atoms with Crippen molar-refractivity contribution in [2.24, 2.45) is 5.84 Å². The molecular weight excluding hydrogens is 116 g/mol. The summed E-state index contributed by atoms with van der Waals surface area (Å²) >= 11 is 0. The van der Waals surface area contributed by atoms with E-state index in [0.29, 0.717) is 6.10 Å². The minimum atomic E-state index is 0.0914. The van der Waals surface area contributed by atoms with Crippen LogP contribution in [0.25, 0.3) is 0 Å². The number of hydrogen-bond acceptors (Lipinski definition) is 3. The highest BCUT2D eigenvalue weighted by Gasteiger charge is 2.19. The largest absolute Gasteiger partial charge is 0.359 e. The van der Waals surface area contributed by atoms with Crippen LogP contribution in [0.1, 0.15) is 20.3 Å². The quantitative estimate of drug-likeness (QED) is 0.480.